The molecule has 1 fully saturated rings. The lowest BCUT2D eigenvalue weighted by molar-refractivity contribution is -0.140. The van der Waals surface area contributed by atoms with Crippen LogP contribution >= 0.6 is 0 Å². The highest BCUT2D eigenvalue weighted by Gasteiger charge is 2.46. The van der Waals surface area contributed by atoms with Crippen LogP contribution in [0, 0.1) is 5.92 Å². The first-order valence-electron chi connectivity index (χ1n) is 12.7. The van der Waals surface area contributed by atoms with Crippen LogP contribution in [0.3, 0.4) is 0 Å². The second-order valence-electron chi connectivity index (χ2n) is 10.1. The van der Waals surface area contributed by atoms with E-state index in [-0.39, 0.29) is 24.0 Å². The molecule has 192 valence electrons. The Hall–Kier alpha value is -4.00. The lowest BCUT2D eigenvalue weighted by Gasteiger charge is -2.25. The van der Waals surface area contributed by atoms with Gasteiger partial charge in [0.25, 0.3) is 11.7 Å². The summed E-state index contributed by atoms with van der Waals surface area (Å²) in [7, 11) is 0. The van der Waals surface area contributed by atoms with Gasteiger partial charge in [0.05, 0.1) is 31.0 Å². The van der Waals surface area contributed by atoms with Crippen LogP contribution in [0.5, 0.6) is 11.5 Å². The molecule has 5 rings (SSSR count). The Balaban J connectivity index is 1.57. The quantitative estimate of drug-likeness (QED) is 0.244. The molecule has 2 atom stereocenters. The molecule has 0 saturated carbocycles. The van der Waals surface area contributed by atoms with Gasteiger partial charge in [-0.05, 0) is 72.9 Å². The summed E-state index contributed by atoms with van der Waals surface area (Å²) < 4.78 is 17.2. The summed E-state index contributed by atoms with van der Waals surface area (Å²) in [6.45, 7) is 6.90. The van der Waals surface area contributed by atoms with Crippen molar-refractivity contribution < 1.29 is 28.6 Å². The summed E-state index contributed by atoms with van der Waals surface area (Å²) in [4.78, 5) is 28.1. The van der Waals surface area contributed by atoms with E-state index in [1.54, 1.807) is 24.3 Å². The lowest BCUT2D eigenvalue weighted by atomic mass is 9.94. The Kier molecular flexibility index (Phi) is 6.78. The first-order chi connectivity index (χ1) is 17.8. The number of ketones is 1. The van der Waals surface area contributed by atoms with Gasteiger partial charge >= 0.3 is 0 Å². The molecule has 3 aromatic rings. The van der Waals surface area contributed by atoms with E-state index in [1.165, 1.54) is 11.2 Å². The minimum atomic E-state index is -0.804. The third kappa shape index (κ3) is 4.99. The summed E-state index contributed by atoms with van der Waals surface area (Å²) in [6.07, 6.45) is 3.19. The van der Waals surface area contributed by atoms with Crippen LogP contribution in [0.1, 0.15) is 55.7 Å². The van der Waals surface area contributed by atoms with Crippen molar-refractivity contribution >= 4 is 17.4 Å². The SMILES string of the molecule is CC(C)CCOc1cccc([C@H]2/C(=C(\O)c3ccc4c(c3)C[C@@H](C)O4)C(=O)C(=O)N2Cc2ccco2)c1. The molecule has 2 aliphatic rings. The normalized spacial score (nSPS) is 20.4. The summed E-state index contributed by atoms with van der Waals surface area (Å²) in [5.41, 5.74) is 2.15. The molecular weight excluding hydrogens is 470 g/mol. The largest absolute Gasteiger partial charge is 0.507 e. The molecule has 2 aromatic carbocycles. The molecule has 2 aliphatic heterocycles. The molecule has 1 aromatic heterocycles. The molecule has 7 heteroatoms. The number of ether oxygens (including phenoxy) is 2. The van der Waals surface area contributed by atoms with E-state index in [2.05, 4.69) is 13.8 Å². The van der Waals surface area contributed by atoms with Gasteiger partial charge in [0.2, 0.25) is 0 Å². The lowest BCUT2D eigenvalue weighted by Crippen LogP contribution is -2.29. The second kappa shape index (κ2) is 10.2. The van der Waals surface area contributed by atoms with Gasteiger partial charge in [0.15, 0.2) is 0 Å². The standard InChI is InChI=1S/C30H31NO6/c1-18(2)11-13-36-23-7-4-6-20(16-23)27-26(29(33)30(34)31(27)17-24-8-5-12-35-24)28(32)21-9-10-25-22(15-21)14-19(3)37-25/h4-10,12,15-16,18-19,27,32H,11,13-14,17H2,1-3H3/b28-26+/t19-,27+/m1/s1. The summed E-state index contributed by atoms with van der Waals surface area (Å²) in [6, 6.07) is 15.4. The van der Waals surface area contributed by atoms with E-state index in [9.17, 15) is 14.7 Å². The molecule has 3 heterocycles. The Bertz CT molecular complexity index is 1340. The number of carbonyl (C=O) groups is 2. The number of carbonyl (C=O) groups excluding carboxylic acids is 2. The zero-order chi connectivity index (χ0) is 26.1. The van der Waals surface area contributed by atoms with Crippen molar-refractivity contribution in [2.75, 3.05) is 6.61 Å². The van der Waals surface area contributed by atoms with Crippen molar-refractivity contribution in [1.29, 1.82) is 0 Å². The number of aliphatic hydroxyl groups excluding tert-OH is 1. The maximum absolute atomic E-state index is 13.4. The van der Waals surface area contributed by atoms with Crippen LogP contribution in [-0.4, -0.2) is 34.4 Å². The maximum atomic E-state index is 13.4. The Morgan fingerprint density at radius 2 is 1.97 bits per heavy atom. The van der Waals surface area contributed by atoms with E-state index in [0.29, 0.717) is 41.6 Å². The number of likely N-dealkylation sites (tertiary alicyclic amines) is 1. The number of fused-ring (bicyclic) bond motifs is 1. The molecule has 0 unspecified atom stereocenters. The summed E-state index contributed by atoms with van der Waals surface area (Å²) in [5.74, 6) is 0.830. The van der Waals surface area contributed by atoms with Gasteiger partial charge in [-0.1, -0.05) is 26.0 Å². The fraction of sp³-hybridized carbons (Fsp3) is 0.333. The van der Waals surface area contributed by atoms with Crippen LogP contribution in [-0.2, 0) is 22.6 Å². The van der Waals surface area contributed by atoms with E-state index >= 15 is 0 Å². The van der Waals surface area contributed by atoms with Gasteiger partial charge in [-0.3, -0.25) is 9.59 Å². The van der Waals surface area contributed by atoms with Gasteiger partial charge < -0.3 is 23.9 Å². The predicted molar refractivity (Wildman–Crippen MR) is 138 cm³/mol. The summed E-state index contributed by atoms with van der Waals surface area (Å²) in [5, 5.41) is 11.4. The monoisotopic (exact) mass is 501 g/mol. The first kappa shape index (κ1) is 24.7. The second-order valence-corrected chi connectivity index (χ2v) is 10.1. The molecule has 0 aliphatic carbocycles. The predicted octanol–water partition coefficient (Wildman–Crippen LogP) is 5.65. The van der Waals surface area contributed by atoms with Gasteiger partial charge in [-0.15, -0.1) is 0 Å². The van der Waals surface area contributed by atoms with Crippen molar-refractivity contribution in [2.45, 2.75) is 52.3 Å². The first-order valence-corrected chi connectivity index (χ1v) is 12.7. The number of Topliss-reactive ketones (excluding diaryl/α,β-unsaturated/α-hetero) is 1. The molecular formula is C30H31NO6. The van der Waals surface area contributed by atoms with Crippen LogP contribution in [0.4, 0.5) is 0 Å². The highest BCUT2D eigenvalue weighted by Crippen LogP contribution is 2.42. The van der Waals surface area contributed by atoms with Crippen molar-refractivity contribution in [3.63, 3.8) is 0 Å². The number of aliphatic hydroxyl groups is 1. The van der Waals surface area contributed by atoms with Crippen molar-refractivity contribution in [3.8, 4) is 11.5 Å². The molecule has 0 bridgehead atoms. The van der Waals surface area contributed by atoms with E-state index in [4.69, 9.17) is 13.9 Å². The van der Waals surface area contributed by atoms with Crippen molar-refractivity contribution in [1.82, 2.24) is 4.90 Å². The van der Waals surface area contributed by atoms with E-state index in [1.807, 2.05) is 37.3 Å². The van der Waals surface area contributed by atoms with Crippen LogP contribution < -0.4 is 9.47 Å². The number of amides is 1. The van der Waals surface area contributed by atoms with Crippen LogP contribution in [0.15, 0.2) is 70.9 Å². The zero-order valence-corrected chi connectivity index (χ0v) is 21.3. The Labute approximate surface area is 216 Å². The molecule has 0 radical (unpaired) electrons. The van der Waals surface area contributed by atoms with Crippen molar-refractivity contribution in [2.24, 2.45) is 5.92 Å². The maximum Gasteiger partial charge on any atom is 0.296 e. The molecule has 0 spiro atoms. The Morgan fingerprint density at radius 1 is 1.14 bits per heavy atom. The molecule has 37 heavy (non-hydrogen) atoms. The van der Waals surface area contributed by atoms with Crippen LogP contribution in [0.2, 0.25) is 0 Å². The molecule has 7 nitrogen and oxygen atoms in total. The van der Waals surface area contributed by atoms with Crippen LogP contribution in [0.25, 0.3) is 5.76 Å². The number of furan rings is 1. The third-order valence-electron chi connectivity index (χ3n) is 6.75. The Morgan fingerprint density at radius 3 is 2.73 bits per heavy atom. The molecule has 1 N–H and O–H groups in total. The molecule has 1 amide bonds. The van der Waals surface area contributed by atoms with Gasteiger partial charge in [0.1, 0.15) is 29.1 Å². The number of benzene rings is 2. The average molecular weight is 502 g/mol. The number of rotatable bonds is 8. The van der Waals surface area contributed by atoms with E-state index < -0.39 is 17.7 Å². The topological polar surface area (TPSA) is 89.2 Å². The van der Waals surface area contributed by atoms with Gasteiger partial charge in [-0.2, -0.15) is 0 Å². The third-order valence-corrected chi connectivity index (χ3v) is 6.75. The minimum absolute atomic E-state index is 0.0443. The van der Waals surface area contributed by atoms with Crippen molar-refractivity contribution in [3.05, 3.63) is 88.9 Å². The number of nitrogens with zero attached hydrogens (tertiary/aromatic N) is 1. The van der Waals surface area contributed by atoms with Gasteiger partial charge in [0, 0.05) is 12.0 Å². The smallest absolute Gasteiger partial charge is 0.296 e. The fourth-order valence-corrected chi connectivity index (χ4v) is 4.87. The number of hydrogen-bond donors (Lipinski definition) is 1. The fourth-order valence-electron chi connectivity index (χ4n) is 4.87. The molecule has 1 saturated heterocycles. The average Bonchev–Trinajstić information content (AvgIpc) is 3.58. The van der Waals surface area contributed by atoms with Gasteiger partial charge in [-0.25, -0.2) is 0 Å². The van der Waals surface area contributed by atoms with E-state index in [0.717, 1.165) is 17.7 Å². The highest BCUT2D eigenvalue weighted by atomic mass is 16.5. The number of hydrogen-bond acceptors (Lipinski definition) is 6. The summed E-state index contributed by atoms with van der Waals surface area (Å²) >= 11 is 0. The highest BCUT2D eigenvalue weighted by molar-refractivity contribution is 6.46. The minimum Gasteiger partial charge on any atom is -0.507 e. The zero-order valence-electron chi connectivity index (χ0n) is 21.3.